The summed E-state index contributed by atoms with van der Waals surface area (Å²) in [6.45, 7) is 5.22. The van der Waals surface area contributed by atoms with Crippen LogP contribution in [0.2, 0.25) is 5.02 Å². The van der Waals surface area contributed by atoms with Crippen molar-refractivity contribution in [3.05, 3.63) is 34.9 Å². The fraction of sp³-hybridized carbons (Fsp3) is 0.562. The molecule has 1 aromatic carbocycles. The van der Waals surface area contributed by atoms with E-state index in [9.17, 15) is 4.79 Å². The van der Waals surface area contributed by atoms with Crippen LogP contribution in [0.25, 0.3) is 0 Å². The van der Waals surface area contributed by atoms with E-state index in [1.54, 1.807) is 0 Å². The molecule has 1 saturated heterocycles. The number of nitrogens with one attached hydrogen (secondary N) is 1. The van der Waals surface area contributed by atoms with Crippen molar-refractivity contribution in [2.75, 3.05) is 19.6 Å². The van der Waals surface area contributed by atoms with Crippen LogP contribution in [0.4, 0.5) is 0 Å². The third kappa shape index (κ3) is 4.99. The lowest BCUT2D eigenvalue weighted by molar-refractivity contribution is -0.125. The van der Waals surface area contributed by atoms with Crippen LogP contribution in [0, 0.1) is 5.92 Å². The van der Waals surface area contributed by atoms with E-state index >= 15 is 0 Å². The third-order valence-electron chi connectivity index (χ3n) is 4.05. The molecule has 5 heteroatoms. The van der Waals surface area contributed by atoms with Crippen molar-refractivity contribution >= 4 is 17.5 Å². The average Bonchev–Trinajstić information content (AvgIpc) is 2.50. The zero-order chi connectivity index (χ0) is 15.2. The predicted molar refractivity (Wildman–Crippen MR) is 86.1 cm³/mol. The number of rotatable bonds is 5. The Kier molecular flexibility index (Phi) is 6.03. The van der Waals surface area contributed by atoms with Crippen molar-refractivity contribution in [1.82, 2.24) is 10.2 Å². The number of halogens is 1. The molecular formula is C16H24ClN3O. The van der Waals surface area contributed by atoms with Crippen molar-refractivity contribution in [1.29, 1.82) is 0 Å². The molecule has 0 radical (unpaired) electrons. The molecule has 1 aromatic rings. The van der Waals surface area contributed by atoms with Gasteiger partial charge in [0.05, 0.1) is 0 Å². The molecule has 1 unspecified atom stereocenters. The number of amides is 1. The zero-order valence-electron chi connectivity index (χ0n) is 12.5. The predicted octanol–water partition coefficient (Wildman–Crippen LogP) is 2.02. The van der Waals surface area contributed by atoms with E-state index in [0.29, 0.717) is 6.54 Å². The molecule has 0 aliphatic carbocycles. The summed E-state index contributed by atoms with van der Waals surface area (Å²) in [5, 5.41) is 3.87. The Balaban J connectivity index is 1.75. The van der Waals surface area contributed by atoms with Crippen molar-refractivity contribution in [2.45, 2.75) is 32.4 Å². The summed E-state index contributed by atoms with van der Waals surface area (Å²) in [4.78, 5) is 14.2. The standard InChI is InChI=1S/C16H24ClN3O/c1-12(10-18)16(21)19-15-6-8-20(9-7-15)11-13-2-4-14(17)5-3-13/h2-5,12,15H,6-11,18H2,1H3,(H,19,21). The highest BCUT2D eigenvalue weighted by Crippen LogP contribution is 2.16. The molecule has 116 valence electrons. The second-order valence-electron chi connectivity index (χ2n) is 5.82. The van der Waals surface area contributed by atoms with Crippen molar-refractivity contribution in [2.24, 2.45) is 11.7 Å². The van der Waals surface area contributed by atoms with Gasteiger partial charge >= 0.3 is 0 Å². The number of nitrogens with two attached hydrogens (primary N) is 1. The molecule has 0 bridgehead atoms. The van der Waals surface area contributed by atoms with Crippen LogP contribution in [0.5, 0.6) is 0 Å². The summed E-state index contributed by atoms with van der Waals surface area (Å²) < 4.78 is 0. The fourth-order valence-corrected chi connectivity index (χ4v) is 2.66. The van der Waals surface area contributed by atoms with Crippen LogP contribution in [-0.4, -0.2) is 36.5 Å². The van der Waals surface area contributed by atoms with Gasteiger partial charge in [-0.2, -0.15) is 0 Å². The van der Waals surface area contributed by atoms with E-state index in [2.05, 4.69) is 22.3 Å². The average molecular weight is 310 g/mol. The smallest absolute Gasteiger partial charge is 0.224 e. The minimum atomic E-state index is -0.0999. The van der Waals surface area contributed by atoms with Gasteiger partial charge in [0.2, 0.25) is 5.91 Å². The van der Waals surface area contributed by atoms with E-state index in [1.165, 1.54) is 5.56 Å². The quantitative estimate of drug-likeness (QED) is 0.875. The molecule has 1 atom stereocenters. The molecule has 1 fully saturated rings. The highest BCUT2D eigenvalue weighted by molar-refractivity contribution is 6.30. The van der Waals surface area contributed by atoms with Crippen LogP contribution >= 0.6 is 11.6 Å². The van der Waals surface area contributed by atoms with E-state index in [0.717, 1.165) is 37.5 Å². The Morgan fingerprint density at radius 2 is 2.00 bits per heavy atom. The second-order valence-corrected chi connectivity index (χ2v) is 6.26. The van der Waals surface area contributed by atoms with Crippen LogP contribution in [-0.2, 0) is 11.3 Å². The Labute approximate surface area is 131 Å². The van der Waals surface area contributed by atoms with Crippen LogP contribution < -0.4 is 11.1 Å². The lowest BCUT2D eigenvalue weighted by Gasteiger charge is -2.32. The van der Waals surface area contributed by atoms with E-state index in [4.69, 9.17) is 17.3 Å². The molecular weight excluding hydrogens is 286 g/mol. The first-order chi connectivity index (χ1) is 10.1. The fourth-order valence-electron chi connectivity index (χ4n) is 2.53. The summed E-state index contributed by atoms with van der Waals surface area (Å²) in [6.07, 6.45) is 1.99. The molecule has 1 heterocycles. The number of likely N-dealkylation sites (tertiary alicyclic amines) is 1. The molecule has 3 N–H and O–H groups in total. The van der Waals surface area contributed by atoms with Gasteiger partial charge in [-0.1, -0.05) is 30.7 Å². The van der Waals surface area contributed by atoms with Crippen molar-refractivity contribution in [3.8, 4) is 0 Å². The lowest BCUT2D eigenvalue weighted by Crippen LogP contribution is -2.46. The molecule has 1 aliphatic rings. The van der Waals surface area contributed by atoms with E-state index < -0.39 is 0 Å². The van der Waals surface area contributed by atoms with Gasteiger partial charge in [-0.05, 0) is 30.5 Å². The zero-order valence-corrected chi connectivity index (χ0v) is 13.3. The molecule has 0 aromatic heterocycles. The maximum Gasteiger partial charge on any atom is 0.224 e. The Morgan fingerprint density at radius 1 is 1.38 bits per heavy atom. The SMILES string of the molecule is CC(CN)C(=O)NC1CCN(Cc2ccc(Cl)cc2)CC1. The van der Waals surface area contributed by atoms with E-state index in [1.807, 2.05) is 19.1 Å². The summed E-state index contributed by atoms with van der Waals surface area (Å²) >= 11 is 5.90. The van der Waals surface area contributed by atoms with Gasteiger partial charge in [0.15, 0.2) is 0 Å². The number of hydrogen-bond acceptors (Lipinski definition) is 3. The van der Waals surface area contributed by atoms with Gasteiger partial charge < -0.3 is 11.1 Å². The minimum absolute atomic E-state index is 0.0775. The number of carbonyl (C=O) groups excluding carboxylic acids is 1. The first-order valence-electron chi connectivity index (χ1n) is 7.55. The molecule has 21 heavy (non-hydrogen) atoms. The minimum Gasteiger partial charge on any atom is -0.353 e. The molecule has 1 aliphatic heterocycles. The number of hydrogen-bond donors (Lipinski definition) is 2. The molecule has 1 amide bonds. The molecule has 0 spiro atoms. The Hall–Kier alpha value is -1.10. The number of nitrogens with zero attached hydrogens (tertiary/aromatic N) is 1. The first-order valence-corrected chi connectivity index (χ1v) is 7.93. The highest BCUT2D eigenvalue weighted by atomic mass is 35.5. The summed E-state index contributed by atoms with van der Waals surface area (Å²) in [7, 11) is 0. The second kappa shape index (κ2) is 7.78. The van der Waals surface area contributed by atoms with Gasteiger partial charge in [0, 0.05) is 43.2 Å². The summed E-state index contributed by atoms with van der Waals surface area (Å²) in [6, 6.07) is 8.28. The van der Waals surface area contributed by atoms with Gasteiger partial charge in [-0.15, -0.1) is 0 Å². The van der Waals surface area contributed by atoms with E-state index in [-0.39, 0.29) is 17.9 Å². The maximum atomic E-state index is 11.8. The monoisotopic (exact) mass is 309 g/mol. The Bertz CT molecular complexity index is 455. The van der Waals surface area contributed by atoms with Gasteiger partial charge in [0.25, 0.3) is 0 Å². The summed E-state index contributed by atoms with van der Waals surface area (Å²) in [5.41, 5.74) is 6.79. The third-order valence-corrected chi connectivity index (χ3v) is 4.31. The van der Waals surface area contributed by atoms with Gasteiger partial charge in [-0.25, -0.2) is 0 Å². The first kappa shape index (κ1) is 16.3. The highest BCUT2D eigenvalue weighted by Gasteiger charge is 2.22. The lowest BCUT2D eigenvalue weighted by atomic mass is 10.0. The normalized spacial score (nSPS) is 18.4. The maximum absolute atomic E-state index is 11.8. The number of piperidine rings is 1. The summed E-state index contributed by atoms with van der Waals surface area (Å²) in [5.74, 6) is -0.0225. The van der Waals surface area contributed by atoms with Crippen LogP contribution in [0.1, 0.15) is 25.3 Å². The topological polar surface area (TPSA) is 58.4 Å². The van der Waals surface area contributed by atoms with Crippen LogP contribution in [0.15, 0.2) is 24.3 Å². The van der Waals surface area contributed by atoms with Crippen molar-refractivity contribution < 1.29 is 4.79 Å². The largest absolute Gasteiger partial charge is 0.353 e. The van der Waals surface area contributed by atoms with Gasteiger partial charge in [0.1, 0.15) is 0 Å². The van der Waals surface area contributed by atoms with Crippen molar-refractivity contribution in [3.63, 3.8) is 0 Å². The van der Waals surface area contributed by atoms with Crippen LogP contribution in [0.3, 0.4) is 0 Å². The number of benzene rings is 1. The molecule has 2 rings (SSSR count). The molecule has 4 nitrogen and oxygen atoms in total. The number of carbonyl (C=O) groups is 1. The Morgan fingerprint density at radius 3 is 2.57 bits per heavy atom. The molecule has 0 saturated carbocycles. The van der Waals surface area contributed by atoms with Gasteiger partial charge in [-0.3, -0.25) is 9.69 Å².